The van der Waals surface area contributed by atoms with Gasteiger partial charge in [-0.25, -0.2) is 4.98 Å². The van der Waals surface area contributed by atoms with Crippen molar-refractivity contribution in [2.75, 3.05) is 6.61 Å². The molecule has 2 aromatic rings. The maximum Gasteiger partial charge on any atom is 0.296 e. The van der Waals surface area contributed by atoms with Crippen molar-refractivity contribution in [3.8, 4) is 6.01 Å². The number of hydrogen-bond donors (Lipinski definition) is 3. The highest BCUT2D eigenvalue weighted by Crippen LogP contribution is 2.76. The predicted molar refractivity (Wildman–Crippen MR) is 165 cm³/mol. The fourth-order valence-electron chi connectivity index (χ4n) is 5.40. The van der Waals surface area contributed by atoms with Crippen LogP contribution in [-0.4, -0.2) is 73.8 Å². The molecule has 1 aliphatic carbocycles. The zero-order valence-electron chi connectivity index (χ0n) is 24.6. The van der Waals surface area contributed by atoms with Crippen LogP contribution in [0, 0.1) is 5.92 Å². The van der Waals surface area contributed by atoms with E-state index in [0.717, 1.165) is 24.8 Å². The summed E-state index contributed by atoms with van der Waals surface area (Å²) in [6.45, 7) is 19.3. The van der Waals surface area contributed by atoms with E-state index in [1.807, 2.05) is 0 Å². The lowest BCUT2D eigenvalue weighted by molar-refractivity contribution is -0.0486. The number of rotatable bonds is 7. The normalized spacial score (nSPS) is 36.1. The van der Waals surface area contributed by atoms with Crippen molar-refractivity contribution in [1.29, 1.82) is 0 Å². The molecule has 41 heavy (non-hydrogen) atoms. The fourth-order valence-corrected chi connectivity index (χ4v) is 14.0. The summed E-state index contributed by atoms with van der Waals surface area (Å²) < 4.78 is 27.3. The molecule has 0 unspecified atom stereocenters. The largest absolute Gasteiger partial charge is 0.480 e. The van der Waals surface area contributed by atoms with E-state index in [1.165, 1.54) is 10.9 Å². The molecule has 3 N–H and O–H groups in total. The van der Waals surface area contributed by atoms with E-state index in [2.05, 4.69) is 69.2 Å². The van der Waals surface area contributed by atoms with Crippen LogP contribution >= 0.6 is 17.1 Å². The van der Waals surface area contributed by atoms with Crippen molar-refractivity contribution < 1.29 is 28.4 Å². The minimum Gasteiger partial charge on any atom is -0.480 e. The van der Waals surface area contributed by atoms with Crippen molar-refractivity contribution in [2.45, 2.75) is 107 Å². The molecule has 0 spiro atoms. The Kier molecular flexibility index (Phi) is 8.26. The van der Waals surface area contributed by atoms with Gasteiger partial charge in [0.25, 0.3) is 11.6 Å². The van der Waals surface area contributed by atoms with Gasteiger partial charge in [0.1, 0.15) is 18.3 Å². The fraction of sp³-hybridized carbons (Fsp3) is 0.731. The molecule has 8 atom stereocenters. The van der Waals surface area contributed by atoms with Crippen LogP contribution in [0.4, 0.5) is 0 Å². The molecule has 15 heteroatoms. The topological polar surface area (TPSA) is 141 Å². The summed E-state index contributed by atoms with van der Waals surface area (Å²) in [4.78, 5) is 22.7. The van der Waals surface area contributed by atoms with E-state index < -0.39 is 50.1 Å². The lowest BCUT2D eigenvalue weighted by Crippen LogP contribution is -2.45. The Bertz CT molecular complexity index is 1450. The molecule has 2 saturated heterocycles. The summed E-state index contributed by atoms with van der Waals surface area (Å²) in [6.07, 6.45) is 0.353. The maximum absolute atomic E-state index is 12.3. The molecule has 5 rings (SSSR count). The van der Waals surface area contributed by atoms with Gasteiger partial charge in [-0.1, -0.05) is 44.3 Å². The second-order valence-electron chi connectivity index (χ2n) is 13.2. The smallest absolute Gasteiger partial charge is 0.296 e. The first-order chi connectivity index (χ1) is 18.9. The summed E-state index contributed by atoms with van der Waals surface area (Å²) in [7, 11) is -2.18. The Hall–Kier alpha value is -1.09. The first-order valence-corrected chi connectivity index (χ1v) is 20.9. The highest BCUT2D eigenvalue weighted by atomic mass is 32.9. The van der Waals surface area contributed by atoms with Crippen LogP contribution < -0.4 is 5.56 Å². The van der Waals surface area contributed by atoms with Gasteiger partial charge in [-0.05, 0) is 69.0 Å². The third kappa shape index (κ3) is 5.88. The van der Waals surface area contributed by atoms with Crippen LogP contribution in [0.2, 0.25) is 18.1 Å². The molecule has 2 aliphatic heterocycles. The van der Waals surface area contributed by atoms with E-state index in [-0.39, 0.29) is 33.7 Å². The Labute approximate surface area is 250 Å². The average molecular weight is 645 g/mol. The SMILES string of the molecule is C=C(C)[C@H]1CC[C@@]2(C)S[P@](=S)(O[C@H]3[C@@H](O)[C@H](n4cnc5c(=O)[nH]c(O)nc54)O[C@@H]3CO[Si](C)(C)C(C)(C)C)O[C@@H]2C1. The molecular weight excluding hydrogens is 604 g/mol. The molecule has 11 nitrogen and oxygen atoms in total. The Morgan fingerprint density at radius 1 is 1.44 bits per heavy atom. The standard InChI is InChI=1S/C26H41N4O7PS2Si/c1-14(2)15-9-10-26(6)17(11-15)36-38(39,40-26)37-20-16(12-34-41(7,8)25(3,4)5)35-23(19(20)31)30-13-27-18-21(30)28-24(33)29-22(18)32/h13,15-17,19-20,23,31H,1,9-12H2,2-8H3,(H2,28,29,32,33)/t15-,16+,17+,19+,20+,23+,26+,38-/m0/s1. The lowest BCUT2D eigenvalue weighted by Gasteiger charge is -2.37. The number of allylic oxidation sites excluding steroid dienone is 1. The second-order valence-corrected chi connectivity index (χ2v) is 24.5. The Balaban J connectivity index is 1.44. The van der Waals surface area contributed by atoms with Gasteiger partial charge in [0.2, 0.25) is 5.69 Å². The third-order valence-corrected chi connectivity index (χ3v) is 19.4. The van der Waals surface area contributed by atoms with E-state index in [1.54, 1.807) is 11.4 Å². The first kappa shape index (κ1) is 31.3. The number of fused-ring (bicyclic) bond motifs is 2. The number of nitrogens with one attached hydrogen (secondary N) is 1. The van der Waals surface area contributed by atoms with Gasteiger partial charge in [0, 0.05) is 4.75 Å². The van der Waals surface area contributed by atoms with Crippen molar-refractivity contribution in [3.05, 3.63) is 28.8 Å². The van der Waals surface area contributed by atoms with Crippen LogP contribution in [-0.2, 0) is 30.0 Å². The van der Waals surface area contributed by atoms with E-state index in [0.29, 0.717) is 5.92 Å². The molecule has 1 saturated carbocycles. The van der Waals surface area contributed by atoms with Gasteiger partial charge in [0.15, 0.2) is 25.7 Å². The number of aromatic nitrogens is 4. The van der Waals surface area contributed by atoms with Gasteiger partial charge in [-0.15, -0.1) is 0 Å². The molecule has 0 aromatic carbocycles. The number of aliphatic hydroxyl groups is 1. The Morgan fingerprint density at radius 2 is 2.15 bits per heavy atom. The summed E-state index contributed by atoms with van der Waals surface area (Å²) >= 11 is 7.65. The molecule has 0 amide bonds. The van der Waals surface area contributed by atoms with Gasteiger partial charge in [0.05, 0.1) is 19.0 Å². The number of hydrogen-bond acceptors (Lipinski definition) is 11. The predicted octanol–water partition coefficient (Wildman–Crippen LogP) is 4.98. The first-order valence-electron chi connectivity index (χ1n) is 13.9. The average Bonchev–Trinajstić information content (AvgIpc) is 3.47. The minimum atomic E-state index is -2.88. The van der Waals surface area contributed by atoms with Gasteiger partial charge in [-0.2, -0.15) is 4.98 Å². The number of nitrogens with zero attached hydrogens (tertiary/aromatic N) is 3. The van der Waals surface area contributed by atoms with Crippen LogP contribution in [0.5, 0.6) is 6.01 Å². The number of aromatic hydroxyl groups is 1. The molecule has 2 aromatic heterocycles. The zero-order chi connectivity index (χ0) is 30.1. The molecule has 3 fully saturated rings. The van der Waals surface area contributed by atoms with Gasteiger partial charge < -0.3 is 28.4 Å². The summed E-state index contributed by atoms with van der Waals surface area (Å²) in [5, 5.41) is 21.6. The number of imidazole rings is 1. The molecule has 3 aliphatic rings. The second kappa shape index (κ2) is 10.8. The minimum absolute atomic E-state index is 0.0167. The van der Waals surface area contributed by atoms with Gasteiger partial charge >= 0.3 is 0 Å². The number of H-pyrrole nitrogens is 1. The highest BCUT2D eigenvalue weighted by molar-refractivity contribution is 8.68. The molecule has 4 heterocycles. The molecule has 0 bridgehead atoms. The molecule has 0 radical (unpaired) electrons. The lowest BCUT2D eigenvalue weighted by atomic mass is 9.77. The summed E-state index contributed by atoms with van der Waals surface area (Å²) in [5.74, 6) is 0.382. The third-order valence-electron chi connectivity index (χ3n) is 9.11. The quantitative estimate of drug-likeness (QED) is 0.213. The van der Waals surface area contributed by atoms with Crippen LogP contribution in [0.1, 0.15) is 60.1 Å². The van der Waals surface area contributed by atoms with E-state index in [9.17, 15) is 15.0 Å². The van der Waals surface area contributed by atoms with Gasteiger partial charge in [-0.3, -0.25) is 14.3 Å². The van der Waals surface area contributed by atoms with Crippen molar-refractivity contribution in [1.82, 2.24) is 19.5 Å². The van der Waals surface area contributed by atoms with Crippen LogP contribution in [0.15, 0.2) is 23.3 Å². The summed E-state index contributed by atoms with van der Waals surface area (Å²) in [6, 6.07) is -0.558. The zero-order valence-corrected chi connectivity index (χ0v) is 28.1. The summed E-state index contributed by atoms with van der Waals surface area (Å²) in [5.41, 5.74) is -2.23. The van der Waals surface area contributed by atoms with Crippen molar-refractivity contribution >= 4 is 48.4 Å². The Morgan fingerprint density at radius 3 is 2.80 bits per heavy atom. The monoisotopic (exact) mass is 644 g/mol. The highest BCUT2D eigenvalue weighted by Gasteiger charge is 2.57. The van der Waals surface area contributed by atoms with Crippen LogP contribution in [0.3, 0.4) is 0 Å². The van der Waals surface area contributed by atoms with Crippen molar-refractivity contribution in [3.63, 3.8) is 0 Å². The number of aromatic amines is 1. The number of ether oxygens (including phenoxy) is 1. The number of aliphatic hydroxyl groups excluding tert-OH is 1. The van der Waals surface area contributed by atoms with Crippen LogP contribution in [0.25, 0.3) is 11.2 Å². The van der Waals surface area contributed by atoms with Crippen molar-refractivity contribution in [2.24, 2.45) is 5.92 Å². The molecular formula is C26H41N4O7PS2Si. The van der Waals surface area contributed by atoms with E-state index >= 15 is 0 Å². The van der Waals surface area contributed by atoms with E-state index in [4.69, 9.17) is 30.0 Å². The maximum atomic E-state index is 12.3. The molecule has 228 valence electrons.